The Labute approximate surface area is 136 Å². The average molecular weight is 321 g/mol. The Balaban J connectivity index is 2.10. The van der Waals surface area contributed by atoms with Crippen molar-refractivity contribution in [3.05, 3.63) is 35.6 Å². The molecule has 6 heteroatoms. The van der Waals surface area contributed by atoms with Gasteiger partial charge in [0.1, 0.15) is 11.9 Å². The van der Waals surface area contributed by atoms with Crippen molar-refractivity contribution in [2.24, 2.45) is 5.73 Å². The smallest absolute Gasteiger partial charge is 0.239 e. The molecule has 2 N–H and O–H groups in total. The van der Waals surface area contributed by atoms with Crippen LogP contribution >= 0.6 is 0 Å². The Morgan fingerprint density at radius 3 is 2.78 bits per heavy atom. The number of hydrogen-bond donors (Lipinski definition) is 1. The van der Waals surface area contributed by atoms with E-state index in [-0.39, 0.29) is 18.5 Å². The first-order valence-electron chi connectivity index (χ1n) is 7.94. The van der Waals surface area contributed by atoms with Gasteiger partial charge in [0.05, 0.1) is 6.54 Å². The minimum Gasteiger partial charge on any atom is -0.368 e. The van der Waals surface area contributed by atoms with Crippen LogP contribution in [0.5, 0.6) is 0 Å². The standard InChI is InChI=1S/C17H24FN3O2/c1-12-6-3-4-9-21(12)15(22)11-20(2)16(17(19)23)13-7-5-8-14(18)10-13/h5,7-8,10,12,16H,3-4,6,9,11H2,1-2H3,(H2,19,23)/t12-,16-/m1/s1. The number of carbonyl (C=O) groups excluding carboxylic acids is 2. The molecule has 1 aromatic carbocycles. The van der Waals surface area contributed by atoms with E-state index < -0.39 is 17.8 Å². The minimum absolute atomic E-state index is 0.0256. The van der Waals surface area contributed by atoms with Gasteiger partial charge >= 0.3 is 0 Å². The predicted molar refractivity (Wildman–Crippen MR) is 86.0 cm³/mol. The van der Waals surface area contributed by atoms with E-state index in [1.165, 1.54) is 18.2 Å². The van der Waals surface area contributed by atoms with Crippen molar-refractivity contribution in [2.75, 3.05) is 20.1 Å². The number of rotatable bonds is 5. The van der Waals surface area contributed by atoms with Crippen molar-refractivity contribution in [2.45, 2.75) is 38.3 Å². The molecule has 23 heavy (non-hydrogen) atoms. The van der Waals surface area contributed by atoms with E-state index in [2.05, 4.69) is 0 Å². The second-order valence-electron chi connectivity index (χ2n) is 6.21. The molecule has 0 unspecified atom stereocenters. The molecule has 2 atom stereocenters. The maximum absolute atomic E-state index is 13.4. The summed E-state index contributed by atoms with van der Waals surface area (Å²) in [5, 5.41) is 0. The van der Waals surface area contributed by atoms with Gasteiger partial charge in [-0.05, 0) is 50.9 Å². The molecule has 1 aliphatic heterocycles. The fourth-order valence-electron chi connectivity index (χ4n) is 3.18. The number of primary amides is 1. The molecule has 0 aromatic heterocycles. The Hall–Kier alpha value is -1.95. The summed E-state index contributed by atoms with van der Waals surface area (Å²) in [4.78, 5) is 27.7. The zero-order valence-electron chi connectivity index (χ0n) is 13.7. The van der Waals surface area contributed by atoms with Crippen LogP contribution in [0.1, 0.15) is 37.8 Å². The summed E-state index contributed by atoms with van der Waals surface area (Å²) in [6.45, 7) is 2.86. The van der Waals surface area contributed by atoms with E-state index >= 15 is 0 Å². The third-order valence-corrected chi connectivity index (χ3v) is 4.38. The molecule has 1 fully saturated rings. The van der Waals surface area contributed by atoms with Gasteiger partial charge in [-0.2, -0.15) is 0 Å². The van der Waals surface area contributed by atoms with Crippen molar-refractivity contribution in [1.29, 1.82) is 0 Å². The number of benzene rings is 1. The molecule has 0 saturated carbocycles. The van der Waals surface area contributed by atoms with E-state index in [1.807, 2.05) is 11.8 Å². The third kappa shape index (κ3) is 4.28. The summed E-state index contributed by atoms with van der Waals surface area (Å²) < 4.78 is 13.4. The highest BCUT2D eigenvalue weighted by atomic mass is 19.1. The molecule has 1 saturated heterocycles. The Bertz CT molecular complexity index is 579. The van der Waals surface area contributed by atoms with Gasteiger partial charge in [-0.1, -0.05) is 12.1 Å². The number of nitrogens with zero attached hydrogens (tertiary/aromatic N) is 2. The number of carbonyl (C=O) groups is 2. The van der Waals surface area contributed by atoms with E-state index in [4.69, 9.17) is 5.73 Å². The zero-order chi connectivity index (χ0) is 17.0. The normalized spacial score (nSPS) is 19.7. The van der Waals surface area contributed by atoms with E-state index in [0.717, 1.165) is 25.8 Å². The van der Waals surface area contributed by atoms with Gasteiger partial charge in [0.15, 0.2) is 0 Å². The lowest BCUT2D eigenvalue weighted by molar-refractivity contribution is -0.136. The van der Waals surface area contributed by atoms with Crippen LogP contribution in [0.15, 0.2) is 24.3 Å². The zero-order valence-corrected chi connectivity index (χ0v) is 13.7. The first-order chi connectivity index (χ1) is 10.9. The Morgan fingerprint density at radius 1 is 1.43 bits per heavy atom. The molecule has 0 bridgehead atoms. The summed E-state index contributed by atoms with van der Waals surface area (Å²) in [5.74, 6) is -1.06. The van der Waals surface area contributed by atoms with Crippen molar-refractivity contribution in [1.82, 2.24) is 9.80 Å². The molecule has 0 spiro atoms. The molecule has 126 valence electrons. The highest BCUT2D eigenvalue weighted by Gasteiger charge is 2.29. The van der Waals surface area contributed by atoms with Gasteiger partial charge in [0, 0.05) is 12.6 Å². The first-order valence-corrected chi connectivity index (χ1v) is 7.94. The molecule has 5 nitrogen and oxygen atoms in total. The minimum atomic E-state index is -0.824. The summed E-state index contributed by atoms with van der Waals surface area (Å²) in [6.07, 6.45) is 3.13. The van der Waals surface area contributed by atoms with Crippen molar-refractivity contribution in [3.8, 4) is 0 Å². The third-order valence-electron chi connectivity index (χ3n) is 4.38. The molecule has 2 rings (SSSR count). The van der Waals surface area contributed by atoms with Gasteiger partial charge in [-0.3, -0.25) is 14.5 Å². The van der Waals surface area contributed by atoms with Gasteiger partial charge in [-0.25, -0.2) is 4.39 Å². The quantitative estimate of drug-likeness (QED) is 0.897. The average Bonchev–Trinajstić information content (AvgIpc) is 2.47. The van der Waals surface area contributed by atoms with Crippen LogP contribution in [0, 0.1) is 5.82 Å². The van der Waals surface area contributed by atoms with Crippen LogP contribution in [0.25, 0.3) is 0 Å². The first kappa shape index (κ1) is 17.4. The topological polar surface area (TPSA) is 66.6 Å². The van der Waals surface area contributed by atoms with Gasteiger partial charge in [-0.15, -0.1) is 0 Å². The summed E-state index contributed by atoms with van der Waals surface area (Å²) in [5.41, 5.74) is 5.93. The second-order valence-corrected chi connectivity index (χ2v) is 6.21. The fraction of sp³-hybridized carbons (Fsp3) is 0.529. The fourth-order valence-corrected chi connectivity index (χ4v) is 3.18. The van der Waals surface area contributed by atoms with Crippen LogP contribution in [0.3, 0.4) is 0 Å². The number of piperidine rings is 1. The number of amides is 2. The van der Waals surface area contributed by atoms with E-state index in [1.54, 1.807) is 18.0 Å². The second kappa shape index (κ2) is 7.55. The molecule has 1 heterocycles. The molecule has 2 amide bonds. The molecule has 1 aliphatic rings. The summed E-state index contributed by atoms with van der Waals surface area (Å²) in [7, 11) is 1.66. The molecule has 0 aliphatic carbocycles. The highest BCUT2D eigenvalue weighted by molar-refractivity contribution is 5.83. The number of hydrogen-bond acceptors (Lipinski definition) is 3. The predicted octanol–water partition coefficient (Wildman–Crippen LogP) is 1.68. The van der Waals surface area contributed by atoms with Crippen LogP contribution < -0.4 is 5.73 Å². The lowest BCUT2D eigenvalue weighted by Gasteiger charge is -2.35. The summed E-state index contributed by atoms with van der Waals surface area (Å²) >= 11 is 0. The van der Waals surface area contributed by atoms with E-state index in [9.17, 15) is 14.0 Å². The lowest BCUT2D eigenvalue weighted by atomic mass is 10.0. The lowest BCUT2D eigenvalue weighted by Crippen LogP contribution is -2.48. The maximum atomic E-state index is 13.4. The van der Waals surface area contributed by atoms with Crippen molar-refractivity contribution in [3.63, 3.8) is 0 Å². The number of likely N-dealkylation sites (N-methyl/N-ethyl adjacent to an activating group) is 1. The molecular formula is C17H24FN3O2. The summed E-state index contributed by atoms with van der Waals surface area (Å²) in [6, 6.07) is 5.15. The molecule has 0 radical (unpaired) electrons. The van der Waals surface area contributed by atoms with Crippen LogP contribution in [-0.2, 0) is 9.59 Å². The maximum Gasteiger partial charge on any atom is 0.239 e. The largest absolute Gasteiger partial charge is 0.368 e. The molecular weight excluding hydrogens is 297 g/mol. The van der Waals surface area contributed by atoms with Crippen molar-refractivity contribution >= 4 is 11.8 Å². The van der Waals surface area contributed by atoms with Gasteiger partial charge < -0.3 is 10.6 Å². The number of likely N-dealkylation sites (tertiary alicyclic amines) is 1. The number of nitrogens with two attached hydrogens (primary N) is 1. The molecule has 1 aromatic rings. The van der Waals surface area contributed by atoms with Crippen LogP contribution in [-0.4, -0.2) is 47.8 Å². The Kier molecular flexibility index (Phi) is 5.71. The monoisotopic (exact) mass is 321 g/mol. The van der Waals surface area contributed by atoms with Crippen LogP contribution in [0.4, 0.5) is 4.39 Å². The number of halogens is 1. The van der Waals surface area contributed by atoms with Crippen molar-refractivity contribution < 1.29 is 14.0 Å². The van der Waals surface area contributed by atoms with Gasteiger partial charge in [0.25, 0.3) is 0 Å². The van der Waals surface area contributed by atoms with Gasteiger partial charge in [0.2, 0.25) is 11.8 Å². The Morgan fingerprint density at radius 2 is 2.17 bits per heavy atom. The van der Waals surface area contributed by atoms with E-state index in [0.29, 0.717) is 5.56 Å². The SMILES string of the molecule is C[C@@H]1CCCCN1C(=O)CN(C)[C@@H](C(N)=O)c1cccc(F)c1. The highest BCUT2D eigenvalue weighted by Crippen LogP contribution is 2.21. The van der Waals surface area contributed by atoms with Crippen LogP contribution in [0.2, 0.25) is 0 Å².